The standard InChI is InChI=1S/C15H29ClN4O2/c1-11(2)20(8)13(16)18-12(3)19(7)10-9-17-14(21)22-15(4,5)6/h11H,3,9-10H2,1-2,4-8H3,(H,17,21). The number of hydrogen-bond donors (Lipinski definition) is 1. The summed E-state index contributed by atoms with van der Waals surface area (Å²) in [4.78, 5) is 19.4. The van der Waals surface area contributed by atoms with E-state index in [2.05, 4.69) is 16.9 Å². The van der Waals surface area contributed by atoms with Crippen molar-refractivity contribution in [2.75, 3.05) is 27.2 Å². The Morgan fingerprint density at radius 2 is 1.91 bits per heavy atom. The number of rotatable bonds is 6. The highest BCUT2D eigenvalue weighted by Gasteiger charge is 2.15. The summed E-state index contributed by atoms with van der Waals surface area (Å²) >= 11 is 6.12. The Morgan fingerprint density at radius 3 is 2.36 bits per heavy atom. The molecule has 0 bridgehead atoms. The number of ether oxygens (including phenoxy) is 1. The van der Waals surface area contributed by atoms with Gasteiger partial charge in [0.05, 0.1) is 0 Å². The molecule has 0 atom stereocenters. The summed E-state index contributed by atoms with van der Waals surface area (Å²) in [6, 6.07) is 0.253. The highest BCUT2D eigenvalue weighted by molar-refractivity contribution is 6.64. The molecule has 0 saturated heterocycles. The van der Waals surface area contributed by atoms with E-state index in [0.717, 1.165) is 0 Å². The van der Waals surface area contributed by atoms with Gasteiger partial charge in [0.1, 0.15) is 11.4 Å². The van der Waals surface area contributed by atoms with E-state index in [0.29, 0.717) is 24.2 Å². The molecule has 0 fully saturated rings. The van der Waals surface area contributed by atoms with Crippen LogP contribution in [0.5, 0.6) is 0 Å². The van der Waals surface area contributed by atoms with Crippen LogP contribution < -0.4 is 5.32 Å². The molecule has 7 heteroatoms. The molecule has 0 aromatic heterocycles. The van der Waals surface area contributed by atoms with Crippen LogP contribution in [0.25, 0.3) is 0 Å². The van der Waals surface area contributed by atoms with Gasteiger partial charge in [-0.3, -0.25) is 0 Å². The van der Waals surface area contributed by atoms with Crippen molar-refractivity contribution in [1.29, 1.82) is 0 Å². The molecule has 1 N–H and O–H groups in total. The number of likely N-dealkylation sites (N-methyl/N-ethyl adjacent to an activating group) is 1. The molecule has 0 aliphatic heterocycles. The molecule has 0 rings (SSSR count). The van der Waals surface area contributed by atoms with E-state index in [4.69, 9.17) is 16.3 Å². The molecule has 0 aromatic carbocycles. The van der Waals surface area contributed by atoms with Gasteiger partial charge >= 0.3 is 6.09 Å². The lowest BCUT2D eigenvalue weighted by Crippen LogP contribution is -2.36. The lowest BCUT2D eigenvalue weighted by molar-refractivity contribution is 0.0525. The average molecular weight is 333 g/mol. The fourth-order valence-electron chi connectivity index (χ4n) is 1.25. The number of alkyl carbamates (subject to hydrolysis) is 1. The van der Waals surface area contributed by atoms with E-state index in [-0.39, 0.29) is 6.04 Å². The molecule has 128 valence electrons. The monoisotopic (exact) mass is 332 g/mol. The number of hydrogen-bond acceptors (Lipinski definition) is 4. The molecule has 0 unspecified atom stereocenters. The fraction of sp³-hybridized carbons (Fsp3) is 0.733. The molecule has 0 saturated carbocycles. The normalized spacial score (nSPS) is 12.1. The number of carbonyl (C=O) groups is 1. The molecule has 0 aromatic rings. The van der Waals surface area contributed by atoms with Crippen molar-refractivity contribution < 1.29 is 9.53 Å². The van der Waals surface area contributed by atoms with Gasteiger partial charge in [0.15, 0.2) is 5.29 Å². The first-order chi connectivity index (χ1) is 9.94. The second-order valence-electron chi connectivity index (χ2n) is 6.35. The molecule has 6 nitrogen and oxygen atoms in total. The Labute approximate surface area is 139 Å². The quantitative estimate of drug-likeness (QED) is 0.461. The maximum absolute atomic E-state index is 11.5. The highest BCUT2D eigenvalue weighted by atomic mass is 35.5. The Hall–Kier alpha value is -1.43. The Balaban J connectivity index is 4.27. The molecule has 0 aliphatic rings. The van der Waals surface area contributed by atoms with Gasteiger partial charge in [-0.15, -0.1) is 0 Å². The first-order valence-corrected chi connectivity index (χ1v) is 7.65. The second kappa shape index (κ2) is 8.88. The van der Waals surface area contributed by atoms with Crippen LogP contribution in [-0.4, -0.2) is 60.0 Å². The number of nitrogens with one attached hydrogen (secondary N) is 1. The minimum absolute atomic E-state index is 0.253. The van der Waals surface area contributed by atoms with E-state index < -0.39 is 11.7 Å². The zero-order chi connectivity index (χ0) is 17.5. The van der Waals surface area contributed by atoms with E-state index in [1.54, 1.807) is 0 Å². The Kier molecular flexibility index (Phi) is 8.30. The van der Waals surface area contributed by atoms with Gasteiger partial charge in [-0.2, -0.15) is 0 Å². The summed E-state index contributed by atoms with van der Waals surface area (Å²) in [5.74, 6) is 0.531. The van der Waals surface area contributed by atoms with Crippen LogP contribution in [-0.2, 0) is 4.74 Å². The molecule has 0 radical (unpaired) electrons. The third kappa shape index (κ3) is 8.77. The molecule has 0 aliphatic carbocycles. The van der Waals surface area contributed by atoms with Crippen LogP contribution in [0.2, 0.25) is 0 Å². The topological polar surface area (TPSA) is 57.2 Å². The van der Waals surface area contributed by atoms with Crippen LogP contribution in [0.1, 0.15) is 34.6 Å². The number of carbonyl (C=O) groups excluding carboxylic acids is 1. The summed E-state index contributed by atoms with van der Waals surface area (Å²) in [6.45, 7) is 14.4. The number of nitrogens with zero attached hydrogens (tertiary/aromatic N) is 3. The first kappa shape index (κ1) is 20.6. The lowest BCUT2D eigenvalue weighted by Gasteiger charge is -2.24. The van der Waals surface area contributed by atoms with Gasteiger partial charge in [0.25, 0.3) is 0 Å². The largest absolute Gasteiger partial charge is 0.444 e. The molecule has 1 amide bonds. The van der Waals surface area contributed by atoms with Crippen molar-refractivity contribution in [1.82, 2.24) is 15.1 Å². The smallest absolute Gasteiger partial charge is 0.407 e. The number of amidine groups is 1. The van der Waals surface area contributed by atoms with E-state index in [1.807, 2.05) is 58.5 Å². The Morgan fingerprint density at radius 1 is 1.36 bits per heavy atom. The minimum atomic E-state index is -0.501. The highest BCUT2D eigenvalue weighted by Crippen LogP contribution is 2.07. The third-order valence-corrected chi connectivity index (χ3v) is 3.19. The second-order valence-corrected chi connectivity index (χ2v) is 6.69. The maximum Gasteiger partial charge on any atom is 0.407 e. The number of aliphatic imine (C=N–C) groups is 1. The molecular weight excluding hydrogens is 304 g/mol. The Bertz CT molecular complexity index is 416. The van der Waals surface area contributed by atoms with Crippen molar-refractivity contribution in [3.8, 4) is 0 Å². The van der Waals surface area contributed by atoms with Crippen LogP contribution >= 0.6 is 11.6 Å². The number of amides is 1. The number of halogens is 1. The fourth-order valence-corrected chi connectivity index (χ4v) is 1.55. The van der Waals surface area contributed by atoms with Crippen LogP contribution in [0.3, 0.4) is 0 Å². The van der Waals surface area contributed by atoms with Gasteiger partial charge in [-0.05, 0) is 46.2 Å². The maximum atomic E-state index is 11.5. The van der Waals surface area contributed by atoms with Crippen LogP contribution in [0, 0.1) is 0 Å². The van der Waals surface area contributed by atoms with E-state index in [9.17, 15) is 4.79 Å². The van der Waals surface area contributed by atoms with Gasteiger partial charge in [0.2, 0.25) is 0 Å². The van der Waals surface area contributed by atoms with Crippen molar-refractivity contribution in [3.05, 3.63) is 12.4 Å². The minimum Gasteiger partial charge on any atom is -0.444 e. The van der Waals surface area contributed by atoms with Crippen molar-refractivity contribution in [2.45, 2.75) is 46.3 Å². The summed E-state index contributed by atoms with van der Waals surface area (Å²) in [5.41, 5.74) is -0.501. The molecular formula is C15H29ClN4O2. The predicted molar refractivity (Wildman–Crippen MR) is 92.2 cm³/mol. The predicted octanol–water partition coefficient (Wildman–Crippen LogP) is 2.85. The van der Waals surface area contributed by atoms with Crippen molar-refractivity contribution >= 4 is 23.0 Å². The van der Waals surface area contributed by atoms with Gasteiger partial charge < -0.3 is 19.9 Å². The van der Waals surface area contributed by atoms with Gasteiger partial charge in [-0.1, -0.05) is 6.58 Å². The SMILES string of the molecule is C=C(N=C(Cl)N(C)C(C)C)N(C)CCNC(=O)OC(C)(C)C. The summed E-state index contributed by atoms with van der Waals surface area (Å²) in [7, 11) is 3.70. The van der Waals surface area contributed by atoms with Crippen LogP contribution in [0.15, 0.2) is 17.4 Å². The van der Waals surface area contributed by atoms with Gasteiger partial charge in [-0.25, -0.2) is 9.79 Å². The first-order valence-electron chi connectivity index (χ1n) is 7.28. The van der Waals surface area contributed by atoms with Crippen molar-refractivity contribution in [2.24, 2.45) is 4.99 Å². The van der Waals surface area contributed by atoms with Gasteiger partial charge in [0, 0.05) is 33.2 Å². The van der Waals surface area contributed by atoms with E-state index >= 15 is 0 Å². The zero-order valence-electron chi connectivity index (χ0n) is 14.7. The molecule has 0 heterocycles. The third-order valence-electron chi connectivity index (χ3n) is 2.84. The summed E-state index contributed by atoms with van der Waals surface area (Å²) < 4.78 is 5.16. The molecule has 22 heavy (non-hydrogen) atoms. The summed E-state index contributed by atoms with van der Waals surface area (Å²) in [5, 5.41) is 3.06. The summed E-state index contributed by atoms with van der Waals surface area (Å²) in [6.07, 6.45) is -0.437. The van der Waals surface area contributed by atoms with Crippen molar-refractivity contribution in [3.63, 3.8) is 0 Å². The lowest BCUT2D eigenvalue weighted by atomic mass is 10.2. The zero-order valence-corrected chi connectivity index (χ0v) is 15.5. The van der Waals surface area contributed by atoms with E-state index in [1.165, 1.54) is 0 Å². The molecule has 0 spiro atoms. The average Bonchev–Trinajstić information content (AvgIpc) is 2.34. The van der Waals surface area contributed by atoms with Crippen LogP contribution in [0.4, 0.5) is 4.79 Å².